The molecule has 0 aliphatic carbocycles. The maximum atomic E-state index is 13.2. The molecule has 2 unspecified atom stereocenters. The molecule has 0 radical (unpaired) electrons. The molecule has 2 atom stereocenters. The highest BCUT2D eigenvalue weighted by atomic mass is 19.4. The number of carbonyl (C=O) groups excluding carboxylic acids is 1. The van der Waals surface area contributed by atoms with E-state index in [-0.39, 0.29) is 12.3 Å². The lowest BCUT2D eigenvalue weighted by molar-refractivity contribution is -0.159. The van der Waals surface area contributed by atoms with Gasteiger partial charge >= 0.3 is 12.2 Å². The molecule has 136 valence electrons. The first kappa shape index (κ1) is 18.6. The lowest BCUT2D eigenvalue weighted by atomic mass is 9.88. The van der Waals surface area contributed by atoms with E-state index in [0.717, 1.165) is 12.0 Å². The molecule has 0 saturated carbocycles. The van der Waals surface area contributed by atoms with Gasteiger partial charge in [-0.3, -0.25) is 4.68 Å². The fourth-order valence-electron chi connectivity index (χ4n) is 2.97. The number of aryl methyl sites for hydroxylation is 1. The summed E-state index contributed by atoms with van der Waals surface area (Å²) in [5, 5.41) is 6.27. The minimum Gasteiger partial charge on any atom is -0.326 e. The zero-order chi connectivity index (χ0) is 18.1. The van der Waals surface area contributed by atoms with Crippen molar-refractivity contribution in [3.8, 4) is 0 Å². The van der Waals surface area contributed by atoms with Crippen LogP contribution < -0.4 is 5.32 Å². The number of amides is 2. The number of hydrogen-bond acceptors (Lipinski definition) is 2. The van der Waals surface area contributed by atoms with Crippen LogP contribution in [0.2, 0.25) is 0 Å². The van der Waals surface area contributed by atoms with Gasteiger partial charge in [0.2, 0.25) is 0 Å². The van der Waals surface area contributed by atoms with Crippen molar-refractivity contribution in [2.45, 2.75) is 51.7 Å². The Kier molecular flexibility index (Phi) is 5.15. The van der Waals surface area contributed by atoms with E-state index < -0.39 is 23.7 Å². The van der Waals surface area contributed by atoms with Crippen molar-refractivity contribution in [1.82, 2.24) is 20.0 Å². The van der Waals surface area contributed by atoms with Crippen molar-refractivity contribution in [2.75, 3.05) is 13.1 Å². The van der Waals surface area contributed by atoms with Gasteiger partial charge in [-0.15, -0.1) is 0 Å². The first-order valence-corrected chi connectivity index (χ1v) is 8.06. The molecule has 0 bridgehead atoms. The summed E-state index contributed by atoms with van der Waals surface area (Å²) in [5.41, 5.74) is 0.478. The summed E-state index contributed by atoms with van der Waals surface area (Å²) in [6, 6.07) is -2.48. The number of rotatable bonds is 3. The van der Waals surface area contributed by atoms with Gasteiger partial charge < -0.3 is 10.2 Å². The second-order valence-corrected chi connectivity index (χ2v) is 7.69. The van der Waals surface area contributed by atoms with Crippen LogP contribution in [0.5, 0.6) is 0 Å². The van der Waals surface area contributed by atoms with Crippen molar-refractivity contribution in [3.63, 3.8) is 0 Å². The van der Waals surface area contributed by atoms with E-state index in [9.17, 15) is 18.0 Å². The van der Waals surface area contributed by atoms with Gasteiger partial charge in [-0.25, -0.2) is 4.79 Å². The van der Waals surface area contributed by atoms with Crippen molar-refractivity contribution in [2.24, 2.45) is 12.5 Å². The predicted octanol–water partition coefficient (Wildman–Crippen LogP) is 3.29. The SMILES string of the molecule is Cn1cc(C2CCN(C(=O)NC(CC(C)(C)C)C(F)(F)F)C2)cn1. The second-order valence-electron chi connectivity index (χ2n) is 7.69. The van der Waals surface area contributed by atoms with Crippen molar-refractivity contribution in [1.29, 1.82) is 0 Å². The smallest absolute Gasteiger partial charge is 0.326 e. The number of alkyl halides is 3. The normalized spacial score (nSPS) is 20.3. The molecular formula is C16H25F3N4O. The standard InChI is InChI=1S/C16H25F3N4O/c1-15(2,3)7-13(16(17,18)19)21-14(24)23-6-5-11(10-23)12-8-20-22(4)9-12/h8-9,11,13H,5-7,10H2,1-4H3,(H,21,24). The minimum atomic E-state index is -4.45. The maximum absolute atomic E-state index is 13.2. The van der Waals surface area contributed by atoms with Gasteiger partial charge in [0.15, 0.2) is 0 Å². The molecule has 1 aromatic rings. The Hall–Kier alpha value is -1.73. The molecule has 1 saturated heterocycles. The highest BCUT2D eigenvalue weighted by Gasteiger charge is 2.43. The van der Waals surface area contributed by atoms with E-state index in [0.29, 0.717) is 13.1 Å². The van der Waals surface area contributed by atoms with E-state index in [1.165, 1.54) is 4.90 Å². The number of nitrogens with zero attached hydrogens (tertiary/aromatic N) is 3. The van der Waals surface area contributed by atoms with E-state index in [1.807, 2.05) is 13.2 Å². The average molecular weight is 346 g/mol. The van der Waals surface area contributed by atoms with Crippen molar-refractivity contribution >= 4 is 6.03 Å². The molecule has 1 aliphatic heterocycles. The van der Waals surface area contributed by atoms with Gasteiger partial charge in [0.1, 0.15) is 6.04 Å². The molecule has 1 aromatic heterocycles. The number of carbonyl (C=O) groups is 1. The van der Waals surface area contributed by atoms with Crippen LogP contribution in [-0.4, -0.2) is 46.0 Å². The number of urea groups is 1. The fourth-order valence-corrected chi connectivity index (χ4v) is 2.97. The van der Waals surface area contributed by atoms with Crippen LogP contribution in [0.25, 0.3) is 0 Å². The molecule has 8 heteroatoms. The van der Waals surface area contributed by atoms with Crippen LogP contribution in [0.4, 0.5) is 18.0 Å². The molecule has 2 amide bonds. The highest BCUT2D eigenvalue weighted by molar-refractivity contribution is 5.75. The predicted molar refractivity (Wildman–Crippen MR) is 84.6 cm³/mol. The van der Waals surface area contributed by atoms with Crippen LogP contribution in [0, 0.1) is 5.41 Å². The van der Waals surface area contributed by atoms with Crippen LogP contribution in [0.15, 0.2) is 12.4 Å². The zero-order valence-electron chi connectivity index (χ0n) is 14.5. The lowest BCUT2D eigenvalue weighted by Gasteiger charge is -2.30. The Morgan fingerprint density at radius 3 is 2.58 bits per heavy atom. The maximum Gasteiger partial charge on any atom is 0.408 e. The van der Waals surface area contributed by atoms with Crippen molar-refractivity contribution in [3.05, 3.63) is 18.0 Å². The topological polar surface area (TPSA) is 50.2 Å². The van der Waals surface area contributed by atoms with Gasteiger partial charge in [-0.1, -0.05) is 20.8 Å². The third-order valence-electron chi connectivity index (χ3n) is 4.18. The van der Waals surface area contributed by atoms with Gasteiger partial charge in [-0.05, 0) is 23.8 Å². The quantitative estimate of drug-likeness (QED) is 0.913. The first-order chi connectivity index (χ1) is 11.0. The zero-order valence-corrected chi connectivity index (χ0v) is 14.5. The molecule has 0 spiro atoms. The third-order valence-corrected chi connectivity index (χ3v) is 4.18. The van der Waals surface area contributed by atoms with E-state index in [4.69, 9.17) is 0 Å². The number of likely N-dealkylation sites (tertiary alicyclic amines) is 1. The molecule has 1 N–H and O–H groups in total. The van der Waals surface area contributed by atoms with E-state index in [1.54, 1.807) is 31.6 Å². The van der Waals surface area contributed by atoms with Crippen molar-refractivity contribution < 1.29 is 18.0 Å². The van der Waals surface area contributed by atoms with Crippen LogP contribution in [-0.2, 0) is 7.05 Å². The first-order valence-electron chi connectivity index (χ1n) is 8.06. The minimum absolute atomic E-state index is 0.122. The Balaban J connectivity index is 1.98. The summed E-state index contributed by atoms with van der Waals surface area (Å²) in [4.78, 5) is 13.7. The molecule has 1 aliphatic rings. The number of halogens is 3. The fraction of sp³-hybridized carbons (Fsp3) is 0.750. The Morgan fingerprint density at radius 1 is 1.42 bits per heavy atom. The molecule has 2 heterocycles. The summed E-state index contributed by atoms with van der Waals surface area (Å²) >= 11 is 0. The van der Waals surface area contributed by atoms with Crippen LogP contribution >= 0.6 is 0 Å². The Morgan fingerprint density at radius 2 is 2.08 bits per heavy atom. The van der Waals surface area contributed by atoms with Gasteiger partial charge in [-0.2, -0.15) is 18.3 Å². The Bertz CT molecular complexity index is 577. The summed E-state index contributed by atoms with van der Waals surface area (Å²) in [6.45, 7) is 6.05. The molecule has 5 nitrogen and oxygen atoms in total. The molecule has 2 rings (SSSR count). The molecule has 1 fully saturated rings. The third kappa shape index (κ3) is 4.88. The van der Waals surface area contributed by atoms with Gasteiger partial charge in [0.25, 0.3) is 0 Å². The number of aromatic nitrogens is 2. The summed E-state index contributed by atoms with van der Waals surface area (Å²) in [7, 11) is 1.81. The number of nitrogens with one attached hydrogen (secondary N) is 1. The molecular weight excluding hydrogens is 321 g/mol. The summed E-state index contributed by atoms with van der Waals surface area (Å²) in [6.07, 6.45) is -0.253. The van der Waals surface area contributed by atoms with E-state index >= 15 is 0 Å². The monoisotopic (exact) mass is 346 g/mol. The van der Waals surface area contributed by atoms with Gasteiger partial charge in [0, 0.05) is 32.3 Å². The average Bonchev–Trinajstić information content (AvgIpc) is 3.03. The Labute approximate surface area is 140 Å². The lowest BCUT2D eigenvalue weighted by Crippen LogP contribution is -2.51. The van der Waals surface area contributed by atoms with E-state index in [2.05, 4.69) is 10.4 Å². The largest absolute Gasteiger partial charge is 0.408 e. The second kappa shape index (κ2) is 6.64. The summed E-state index contributed by atoms with van der Waals surface area (Å²) in [5.74, 6) is 0.122. The van der Waals surface area contributed by atoms with Crippen LogP contribution in [0.3, 0.4) is 0 Å². The van der Waals surface area contributed by atoms with Crippen LogP contribution in [0.1, 0.15) is 45.1 Å². The van der Waals surface area contributed by atoms with Gasteiger partial charge in [0.05, 0.1) is 6.20 Å². The molecule has 24 heavy (non-hydrogen) atoms. The molecule has 0 aromatic carbocycles. The summed E-state index contributed by atoms with van der Waals surface area (Å²) < 4.78 is 41.3. The highest BCUT2D eigenvalue weighted by Crippen LogP contribution is 2.31. The number of hydrogen-bond donors (Lipinski definition) is 1.